The highest BCUT2D eigenvalue weighted by molar-refractivity contribution is 6.06. The van der Waals surface area contributed by atoms with E-state index in [9.17, 15) is 9.59 Å². The molecule has 0 bridgehead atoms. The topological polar surface area (TPSA) is 67.9 Å². The molecule has 3 rings (SSSR count). The fraction of sp³-hybridized carbons (Fsp3) is 0.429. The third kappa shape index (κ3) is 2.07. The Morgan fingerprint density at radius 1 is 1.25 bits per heavy atom. The van der Waals surface area contributed by atoms with Crippen molar-refractivity contribution < 1.29 is 19.1 Å². The molecule has 0 aliphatic carbocycles. The Bertz CT molecular complexity index is 558. The van der Waals surface area contributed by atoms with Crippen molar-refractivity contribution in [2.75, 3.05) is 24.7 Å². The first-order chi connectivity index (χ1) is 9.70. The molecule has 1 unspecified atom stereocenters. The zero-order chi connectivity index (χ0) is 14.1. The summed E-state index contributed by atoms with van der Waals surface area (Å²) in [5.74, 6) is 1.04. The molecule has 0 aromatic heterocycles. The van der Waals surface area contributed by atoms with Crippen molar-refractivity contribution in [3.8, 4) is 11.5 Å². The van der Waals surface area contributed by atoms with Crippen LogP contribution < -0.4 is 19.7 Å². The molecule has 1 aromatic carbocycles. The average Bonchev–Trinajstić information content (AvgIpc) is 2.48. The van der Waals surface area contributed by atoms with Crippen LogP contribution in [-0.2, 0) is 9.59 Å². The Balaban J connectivity index is 1.97. The van der Waals surface area contributed by atoms with Gasteiger partial charge >= 0.3 is 0 Å². The van der Waals surface area contributed by atoms with Crippen LogP contribution in [0.1, 0.15) is 13.3 Å². The molecular weight excluding hydrogens is 260 g/mol. The van der Waals surface area contributed by atoms with Crippen LogP contribution in [0.25, 0.3) is 0 Å². The summed E-state index contributed by atoms with van der Waals surface area (Å²) in [7, 11) is 0. The first-order valence-corrected chi connectivity index (χ1v) is 6.70. The van der Waals surface area contributed by atoms with E-state index in [0.29, 0.717) is 36.8 Å². The average molecular weight is 276 g/mol. The number of piperazine rings is 1. The fourth-order valence-corrected chi connectivity index (χ4v) is 2.53. The Morgan fingerprint density at radius 3 is 2.75 bits per heavy atom. The van der Waals surface area contributed by atoms with E-state index in [-0.39, 0.29) is 18.4 Å². The predicted molar refractivity (Wildman–Crippen MR) is 72.0 cm³/mol. The summed E-state index contributed by atoms with van der Waals surface area (Å²) in [6.07, 6.45) is 0.562. The highest BCUT2D eigenvalue weighted by Crippen LogP contribution is 2.35. The van der Waals surface area contributed by atoms with Crippen molar-refractivity contribution in [1.82, 2.24) is 5.32 Å². The van der Waals surface area contributed by atoms with E-state index in [1.807, 2.05) is 6.92 Å². The maximum Gasteiger partial charge on any atom is 0.247 e. The van der Waals surface area contributed by atoms with Crippen LogP contribution in [0, 0.1) is 0 Å². The highest BCUT2D eigenvalue weighted by atomic mass is 16.6. The monoisotopic (exact) mass is 276 g/mol. The predicted octanol–water partition coefficient (Wildman–Crippen LogP) is 0.699. The molecule has 1 fully saturated rings. The second kappa shape index (κ2) is 5.03. The number of hydrogen-bond donors (Lipinski definition) is 1. The summed E-state index contributed by atoms with van der Waals surface area (Å²) in [6.45, 7) is 2.93. The molecule has 6 heteroatoms. The normalized spacial score (nSPS) is 21.6. The van der Waals surface area contributed by atoms with E-state index >= 15 is 0 Å². The SMILES string of the molecule is CCC1C(=O)NCC(=O)N1c1ccc2c(c1)OCCO2. The van der Waals surface area contributed by atoms with Crippen molar-refractivity contribution in [3.63, 3.8) is 0 Å². The second-order valence-electron chi connectivity index (χ2n) is 4.73. The molecule has 2 heterocycles. The molecule has 2 aliphatic heterocycles. The maximum absolute atomic E-state index is 12.1. The van der Waals surface area contributed by atoms with Gasteiger partial charge in [0.25, 0.3) is 0 Å². The van der Waals surface area contributed by atoms with E-state index < -0.39 is 6.04 Å². The number of nitrogens with one attached hydrogen (secondary N) is 1. The lowest BCUT2D eigenvalue weighted by atomic mass is 10.1. The number of fused-ring (bicyclic) bond motifs is 1. The fourth-order valence-electron chi connectivity index (χ4n) is 2.53. The lowest BCUT2D eigenvalue weighted by molar-refractivity contribution is -0.131. The summed E-state index contributed by atoms with van der Waals surface area (Å²) >= 11 is 0. The highest BCUT2D eigenvalue weighted by Gasteiger charge is 2.34. The number of carbonyl (C=O) groups excluding carboxylic acids is 2. The number of amides is 2. The van der Waals surface area contributed by atoms with Gasteiger partial charge in [-0.1, -0.05) is 6.92 Å². The molecule has 1 N–H and O–H groups in total. The van der Waals surface area contributed by atoms with Gasteiger partial charge in [0.1, 0.15) is 19.3 Å². The lowest BCUT2D eigenvalue weighted by Crippen LogP contribution is -2.58. The largest absolute Gasteiger partial charge is 0.486 e. The number of anilines is 1. The van der Waals surface area contributed by atoms with E-state index in [1.165, 1.54) is 4.90 Å². The maximum atomic E-state index is 12.1. The minimum atomic E-state index is -0.473. The summed E-state index contributed by atoms with van der Waals surface area (Å²) in [6, 6.07) is 4.84. The Morgan fingerprint density at radius 2 is 2.00 bits per heavy atom. The van der Waals surface area contributed by atoms with Gasteiger partial charge in [-0.3, -0.25) is 14.5 Å². The van der Waals surface area contributed by atoms with Gasteiger partial charge in [-0.25, -0.2) is 0 Å². The van der Waals surface area contributed by atoms with Gasteiger partial charge in [-0.05, 0) is 18.6 Å². The molecule has 1 aromatic rings. The molecule has 0 spiro atoms. The van der Waals surface area contributed by atoms with Crippen LogP contribution in [-0.4, -0.2) is 37.6 Å². The van der Waals surface area contributed by atoms with E-state index in [0.717, 1.165) is 0 Å². The van der Waals surface area contributed by atoms with Crippen molar-refractivity contribution in [2.24, 2.45) is 0 Å². The van der Waals surface area contributed by atoms with Gasteiger partial charge in [0.05, 0.1) is 6.54 Å². The number of hydrogen-bond acceptors (Lipinski definition) is 4. The Kier molecular flexibility index (Phi) is 3.22. The van der Waals surface area contributed by atoms with Crippen molar-refractivity contribution in [2.45, 2.75) is 19.4 Å². The van der Waals surface area contributed by atoms with Gasteiger partial charge in [-0.15, -0.1) is 0 Å². The summed E-state index contributed by atoms with van der Waals surface area (Å²) in [5.41, 5.74) is 0.668. The lowest BCUT2D eigenvalue weighted by Gasteiger charge is -2.34. The number of ether oxygens (including phenoxy) is 2. The number of carbonyl (C=O) groups is 2. The molecular formula is C14H16N2O4. The van der Waals surface area contributed by atoms with Crippen LogP contribution in [0.3, 0.4) is 0 Å². The van der Waals surface area contributed by atoms with Gasteiger partial charge in [0.2, 0.25) is 11.8 Å². The Hall–Kier alpha value is -2.24. The third-order valence-corrected chi connectivity index (χ3v) is 3.49. The number of benzene rings is 1. The third-order valence-electron chi connectivity index (χ3n) is 3.49. The van der Waals surface area contributed by atoms with Crippen LogP contribution in [0.4, 0.5) is 5.69 Å². The van der Waals surface area contributed by atoms with E-state index in [4.69, 9.17) is 9.47 Å². The van der Waals surface area contributed by atoms with Crippen molar-refractivity contribution >= 4 is 17.5 Å². The zero-order valence-corrected chi connectivity index (χ0v) is 11.2. The first kappa shape index (κ1) is 12.8. The number of rotatable bonds is 2. The van der Waals surface area contributed by atoms with Gasteiger partial charge < -0.3 is 14.8 Å². The van der Waals surface area contributed by atoms with Gasteiger partial charge in [-0.2, -0.15) is 0 Å². The van der Waals surface area contributed by atoms with Gasteiger partial charge in [0.15, 0.2) is 11.5 Å². The summed E-state index contributed by atoms with van der Waals surface area (Å²) in [5, 5.41) is 2.61. The van der Waals surface area contributed by atoms with Crippen LogP contribution in [0.5, 0.6) is 11.5 Å². The zero-order valence-electron chi connectivity index (χ0n) is 11.2. The van der Waals surface area contributed by atoms with Crippen molar-refractivity contribution in [1.29, 1.82) is 0 Å². The van der Waals surface area contributed by atoms with E-state index in [2.05, 4.69) is 5.32 Å². The molecule has 6 nitrogen and oxygen atoms in total. The van der Waals surface area contributed by atoms with Crippen LogP contribution in [0.2, 0.25) is 0 Å². The molecule has 0 radical (unpaired) electrons. The minimum Gasteiger partial charge on any atom is -0.486 e. The Labute approximate surface area is 116 Å². The standard InChI is InChI=1S/C14H16N2O4/c1-2-10-14(18)15-8-13(17)16(10)9-3-4-11-12(7-9)20-6-5-19-11/h3-4,7,10H,2,5-6,8H2,1H3,(H,15,18). The molecule has 0 saturated carbocycles. The molecule has 2 aliphatic rings. The molecule has 2 amide bonds. The number of nitrogens with zero attached hydrogens (tertiary/aromatic N) is 1. The van der Waals surface area contributed by atoms with Crippen LogP contribution in [0.15, 0.2) is 18.2 Å². The molecule has 106 valence electrons. The summed E-state index contributed by atoms with van der Waals surface area (Å²) < 4.78 is 11.0. The first-order valence-electron chi connectivity index (χ1n) is 6.70. The second-order valence-corrected chi connectivity index (χ2v) is 4.73. The smallest absolute Gasteiger partial charge is 0.247 e. The van der Waals surface area contributed by atoms with Gasteiger partial charge in [0, 0.05) is 11.8 Å². The van der Waals surface area contributed by atoms with Crippen molar-refractivity contribution in [3.05, 3.63) is 18.2 Å². The molecule has 1 atom stereocenters. The summed E-state index contributed by atoms with van der Waals surface area (Å²) in [4.78, 5) is 25.5. The molecule has 1 saturated heterocycles. The quantitative estimate of drug-likeness (QED) is 0.863. The minimum absolute atomic E-state index is 0.0315. The molecule has 20 heavy (non-hydrogen) atoms. The van der Waals surface area contributed by atoms with Crippen LogP contribution >= 0.6 is 0 Å². The van der Waals surface area contributed by atoms with E-state index in [1.54, 1.807) is 18.2 Å².